The lowest BCUT2D eigenvalue weighted by Crippen LogP contribution is -2.02. The number of hydrogen-bond acceptors (Lipinski definition) is 2. The third-order valence-corrected chi connectivity index (χ3v) is 2.69. The molecule has 0 atom stereocenters. The average Bonchev–Trinajstić information content (AvgIpc) is 2.29. The van der Waals surface area contributed by atoms with Crippen molar-refractivity contribution in [3.05, 3.63) is 36.0 Å². The van der Waals surface area contributed by atoms with Gasteiger partial charge in [0.1, 0.15) is 0 Å². The number of hydrogen-bond donors (Lipinski definition) is 1. The number of para-hydroxylation sites is 1. The van der Waals surface area contributed by atoms with Gasteiger partial charge in [-0.15, -0.1) is 0 Å². The van der Waals surface area contributed by atoms with E-state index in [0.29, 0.717) is 0 Å². The molecule has 0 amide bonds. The predicted octanol–water partition coefficient (Wildman–Crippen LogP) is 3.76. The van der Waals surface area contributed by atoms with E-state index >= 15 is 0 Å². The van der Waals surface area contributed by atoms with Crippen molar-refractivity contribution < 1.29 is 0 Å². The molecule has 84 valence electrons. The SMILES string of the molecule is CCCCNc1cc(C)nc2ccccc12. The molecule has 0 aliphatic heterocycles. The number of nitrogens with one attached hydrogen (secondary N) is 1. The van der Waals surface area contributed by atoms with Gasteiger partial charge in [-0.25, -0.2) is 0 Å². The van der Waals surface area contributed by atoms with Gasteiger partial charge in [-0.2, -0.15) is 0 Å². The van der Waals surface area contributed by atoms with Crippen molar-refractivity contribution in [1.29, 1.82) is 0 Å². The van der Waals surface area contributed by atoms with Gasteiger partial charge in [0.15, 0.2) is 0 Å². The molecule has 0 bridgehead atoms. The van der Waals surface area contributed by atoms with E-state index in [0.717, 1.165) is 17.8 Å². The number of unbranched alkanes of at least 4 members (excludes halogenated alkanes) is 1. The Balaban J connectivity index is 2.34. The first-order chi connectivity index (χ1) is 7.81. The zero-order valence-corrected chi connectivity index (χ0v) is 9.96. The van der Waals surface area contributed by atoms with Crippen molar-refractivity contribution in [1.82, 2.24) is 4.98 Å². The highest BCUT2D eigenvalue weighted by molar-refractivity contribution is 5.91. The van der Waals surface area contributed by atoms with Crippen molar-refractivity contribution in [2.24, 2.45) is 0 Å². The molecule has 2 nitrogen and oxygen atoms in total. The first-order valence-electron chi connectivity index (χ1n) is 5.91. The number of aromatic nitrogens is 1. The summed E-state index contributed by atoms with van der Waals surface area (Å²) in [5.74, 6) is 0. The van der Waals surface area contributed by atoms with E-state index in [1.807, 2.05) is 13.0 Å². The van der Waals surface area contributed by atoms with E-state index in [1.54, 1.807) is 0 Å². The molecule has 2 aromatic rings. The standard InChI is InChI=1S/C14H18N2/c1-3-4-9-15-14-10-11(2)16-13-8-6-5-7-12(13)14/h5-8,10H,3-4,9H2,1-2H3,(H,15,16). The van der Waals surface area contributed by atoms with Crippen LogP contribution in [0.5, 0.6) is 0 Å². The van der Waals surface area contributed by atoms with Gasteiger partial charge in [0, 0.05) is 23.3 Å². The van der Waals surface area contributed by atoms with Gasteiger partial charge in [-0.3, -0.25) is 4.98 Å². The number of aryl methyl sites for hydroxylation is 1. The largest absolute Gasteiger partial charge is 0.384 e. The lowest BCUT2D eigenvalue weighted by molar-refractivity contribution is 0.835. The molecule has 0 radical (unpaired) electrons. The highest BCUT2D eigenvalue weighted by atomic mass is 14.9. The second-order valence-corrected chi connectivity index (χ2v) is 4.11. The predicted molar refractivity (Wildman–Crippen MR) is 69.9 cm³/mol. The molecule has 0 saturated heterocycles. The fraction of sp³-hybridized carbons (Fsp3) is 0.357. The highest BCUT2D eigenvalue weighted by Crippen LogP contribution is 2.22. The van der Waals surface area contributed by atoms with Gasteiger partial charge in [0.25, 0.3) is 0 Å². The Morgan fingerprint density at radius 1 is 1.25 bits per heavy atom. The van der Waals surface area contributed by atoms with Crippen LogP contribution in [0.1, 0.15) is 25.5 Å². The van der Waals surface area contributed by atoms with E-state index in [2.05, 4.69) is 41.5 Å². The van der Waals surface area contributed by atoms with Gasteiger partial charge in [-0.1, -0.05) is 31.5 Å². The molecular weight excluding hydrogens is 196 g/mol. The molecule has 1 aromatic heterocycles. The number of anilines is 1. The molecule has 0 spiro atoms. The quantitative estimate of drug-likeness (QED) is 0.784. The molecule has 2 heteroatoms. The third kappa shape index (κ3) is 2.32. The van der Waals surface area contributed by atoms with Gasteiger partial charge in [-0.05, 0) is 25.5 Å². The molecule has 2 rings (SSSR count). The molecule has 0 unspecified atom stereocenters. The third-order valence-electron chi connectivity index (χ3n) is 2.69. The molecule has 16 heavy (non-hydrogen) atoms. The van der Waals surface area contributed by atoms with Gasteiger partial charge >= 0.3 is 0 Å². The topological polar surface area (TPSA) is 24.9 Å². The maximum Gasteiger partial charge on any atom is 0.0725 e. The van der Waals surface area contributed by atoms with Crippen LogP contribution >= 0.6 is 0 Å². The van der Waals surface area contributed by atoms with Crippen LogP contribution in [0.2, 0.25) is 0 Å². The van der Waals surface area contributed by atoms with Gasteiger partial charge < -0.3 is 5.32 Å². The molecule has 0 saturated carbocycles. The van der Waals surface area contributed by atoms with Crippen LogP contribution in [0.15, 0.2) is 30.3 Å². The lowest BCUT2D eigenvalue weighted by Gasteiger charge is -2.10. The van der Waals surface area contributed by atoms with E-state index in [-0.39, 0.29) is 0 Å². The van der Waals surface area contributed by atoms with Crippen molar-refractivity contribution in [3.8, 4) is 0 Å². The first kappa shape index (κ1) is 10.9. The lowest BCUT2D eigenvalue weighted by atomic mass is 10.1. The highest BCUT2D eigenvalue weighted by Gasteiger charge is 2.02. The Morgan fingerprint density at radius 3 is 2.88 bits per heavy atom. The first-order valence-corrected chi connectivity index (χ1v) is 5.91. The smallest absolute Gasteiger partial charge is 0.0725 e. The monoisotopic (exact) mass is 214 g/mol. The molecule has 1 aromatic carbocycles. The maximum atomic E-state index is 4.52. The summed E-state index contributed by atoms with van der Waals surface area (Å²) >= 11 is 0. The van der Waals surface area contributed by atoms with Gasteiger partial charge in [0.2, 0.25) is 0 Å². The Bertz CT molecular complexity index is 477. The minimum atomic E-state index is 1.03. The second kappa shape index (κ2) is 4.97. The summed E-state index contributed by atoms with van der Waals surface area (Å²) in [4.78, 5) is 4.52. The van der Waals surface area contributed by atoms with Crippen molar-refractivity contribution in [2.75, 3.05) is 11.9 Å². The van der Waals surface area contributed by atoms with Crippen molar-refractivity contribution in [3.63, 3.8) is 0 Å². The average molecular weight is 214 g/mol. The van der Waals surface area contributed by atoms with Crippen LogP contribution < -0.4 is 5.32 Å². The fourth-order valence-corrected chi connectivity index (χ4v) is 1.85. The van der Waals surface area contributed by atoms with Crippen LogP contribution in [-0.2, 0) is 0 Å². The van der Waals surface area contributed by atoms with Crippen molar-refractivity contribution >= 4 is 16.6 Å². The minimum absolute atomic E-state index is 1.03. The Labute approximate surface area is 96.7 Å². The maximum absolute atomic E-state index is 4.52. The minimum Gasteiger partial charge on any atom is -0.384 e. The van der Waals surface area contributed by atoms with E-state index in [1.165, 1.54) is 23.9 Å². The summed E-state index contributed by atoms with van der Waals surface area (Å²) in [6.07, 6.45) is 2.42. The molecule has 0 aliphatic rings. The zero-order chi connectivity index (χ0) is 11.4. The second-order valence-electron chi connectivity index (χ2n) is 4.11. The number of fused-ring (bicyclic) bond motifs is 1. The summed E-state index contributed by atoms with van der Waals surface area (Å²) in [6.45, 7) is 5.28. The number of nitrogens with zero attached hydrogens (tertiary/aromatic N) is 1. The van der Waals surface area contributed by atoms with Crippen LogP contribution in [0.4, 0.5) is 5.69 Å². The summed E-state index contributed by atoms with van der Waals surface area (Å²) in [6, 6.07) is 10.4. The molecule has 1 N–H and O–H groups in total. The summed E-state index contributed by atoms with van der Waals surface area (Å²) in [7, 11) is 0. The van der Waals surface area contributed by atoms with E-state index in [4.69, 9.17) is 0 Å². The number of rotatable bonds is 4. The van der Waals surface area contributed by atoms with Crippen molar-refractivity contribution in [2.45, 2.75) is 26.7 Å². The Morgan fingerprint density at radius 2 is 2.06 bits per heavy atom. The zero-order valence-electron chi connectivity index (χ0n) is 9.96. The number of benzene rings is 1. The number of pyridine rings is 1. The molecule has 0 aliphatic carbocycles. The van der Waals surface area contributed by atoms with E-state index in [9.17, 15) is 0 Å². The fourth-order valence-electron chi connectivity index (χ4n) is 1.85. The van der Waals surface area contributed by atoms with E-state index < -0.39 is 0 Å². The molecule has 1 heterocycles. The Kier molecular flexibility index (Phi) is 3.40. The molecule has 0 fully saturated rings. The van der Waals surface area contributed by atoms with Crippen LogP contribution in [0.25, 0.3) is 10.9 Å². The summed E-state index contributed by atoms with van der Waals surface area (Å²) < 4.78 is 0. The van der Waals surface area contributed by atoms with Crippen LogP contribution in [0.3, 0.4) is 0 Å². The van der Waals surface area contributed by atoms with Gasteiger partial charge in [0.05, 0.1) is 5.52 Å². The van der Waals surface area contributed by atoms with Crippen LogP contribution in [-0.4, -0.2) is 11.5 Å². The summed E-state index contributed by atoms with van der Waals surface area (Å²) in [5.41, 5.74) is 3.34. The van der Waals surface area contributed by atoms with Crippen LogP contribution in [0, 0.1) is 6.92 Å². The summed E-state index contributed by atoms with van der Waals surface area (Å²) in [5, 5.41) is 4.70. The normalized spacial score (nSPS) is 10.6. The Hall–Kier alpha value is -1.57. The molecular formula is C14H18N2.